The van der Waals surface area contributed by atoms with Gasteiger partial charge in [-0.2, -0.15) is 0 Å². The molecular formula is C30H51NO8. The number of nitrogens with one attached hydrogen (secondary N) is 1. The fourth-order valence-corrected chi connectivity index (χ4v) is 4.42. The molecule has 9 nitrogen and oxygen atoms in total. The maximum Gasteiger partial charge on any atom is 0.407 e. The van der Waals surface area contributed by atoms with E-state index < -0.39 is 35.7 Å². The molecule has 0 spiro atoms. The van der Waals surface area contributed by atoms with Gasteiger partial charge in [0.2, 0.25) is 0 Å². The van der Waals surface area contributed by atoms with Gasteiger partial charge >= 0.3 is 12.1 Å². The summed E-state index contributed by atoms with van der Waals surface area (Å²) in [6, 6.07) is 5.15. The molecule has 0 radical (unpaired) electrons. The second-order valence-electron chi connectivity index (χ2n) is 11.9. The quantitative estimate of drug-likeness (QED) is 0.222. The van der Waals surface area contributed by atoms with E-state index in [4.69, 9.17) is 18.9 Å². The highest BCUT2D eigenvalue weighted by molar-refractivity contribution is 5.70. The summed E-state index contributed by atoms with van der Waals surface area (Å²) in [5, 5.41) is 23.7. The normalized spacial score (nSPS) is 15.0. The summed E-state index contributed by atoms with van der Waals surface area (Å²) in [6.45, 7) is 14.2. The highest BCUT2D eigenvalue weighted by Crippen LogP contribution is 2.32. The Labute approximate surface area is 234 Å². The van der Waals surface area contributed by atoms with Crippen LogP contribution in [0.15, 0.2) is 18.2 Å². The average Bonchev–Trinajstić information content (AvgIpc) is 2.82. The van der Waals surface area contributed by atoms with Crippen molar-refractivity contribution >= 4 is 12.1 Å². The number of carbonyl (C=O) groups is 2. The molecule has 0 aliphatic heterocycles. The molecule has 0 saturated heterocycles. The van der Waals surface area contributed by atoms with Crippen molar-refractivity contribution in [1.82, 2.24) is 5.32 Å². The van der Waals surface area contributed by atoms with E-state index in [1.165, 1.54) is 0 Å². The Kier molecular flexibility index (Phi) is 14.6. The molecular weight excluding hydrogens is 502 g/mol. The lowest BCUT2D eigenvalue weighted by Gasteiger charge is -2.32. The van der Waals surface area contributed by atoms with E-state index in [0.29, 0.717) is 37.6 Å². The van der Waals surface area contributed by atoms with E-state index in [9.17, 15) is 19.8 Å². The molecule has 1 rings (SSSR count). The van der Waals surface area contributed by atoms with Gasteiger partial charge in [0.25, 0.3) is 0 Å². The van der Waals surface area contributed by atoms with Gasteiger partial charge in [-0.05, 0) is 75.5 Å². The molecule has 0 aromatic heterocycles. The third kappa shape index (κ3) is 12.9. The molecule has 1 aromatic rings. The summed E-state index contributed by atoms with van der Waals surface area (Å²) < 4.78 is 22.0. The van der Waals surface area contributed by atoms with E-state index in [1.807, 2.05) is 32.0 Å². The minimum Gasteiger partial charge on any atom is -0.493 e. The maximum absolute atomic E-state index is 12.7. The van der Waals surface area contributed by atoms with Gasteiger partial charge < -0.3 is 34.5 Å². The molecule has 0 fully saturated rings. The molecule has 39 heavy (non-hydrogen) atoms. The van der Waals surface area contributed by atoms with E-state index in [0.717, 1.165) is 12.0 Å². The van der Waals surface area contributed by atoms with Gasteiger partial charge in [-0.15, -0.1) is 0 Å². The van der Waals surface area contributed by atoms with Crippen LogP contribution in [0.4, 0.5) is 4.79 Å². The smallest absolute Gasteiger partial charge is 0.407 e. The first-order chi connectivity index (χ1) is 18.2. The number of hydrogen-bond donors (Lipinski definition) is 3. The number of hydrogen-bond acceptors (Lipinski definition) is 7. The molecule has 0 saturated carbocycles. The highest BCUT2D eigenvalue weighted by atomic mass is 16.6. The first-order valence-corrected chi connectivity index (χ1v) is 13.9. The van der Waals surface area contributed by atoms with Gasteiger partial charge in [0.1, 0.15) is 5.60 Å². The van der Waals surface area contributed by atoms with Crippen molar-refractivity contribution in [2.45, 2.75) is 91.9 Å². The van der Waals surface area contributed by atoms with Crippen LogP contribution in [0.1, 0.15) is 73.3 Å². The Bertz CT molecular complexity index is 880. The van der Waals surface area contributed by atoms with Crippen molar-refractivity contribution in [3.8, 4) is 11.5 Å². The van der Waals surface area contributed by atoms with Crippen molar-refractivity contribution in [1.29, 1.82) is 0 Å². The van der Waals surface area contributed by atoms with Crippen LogP contribution in [0.25, 0.3) is 0 Å². The summed E-state index contributed by atoms with van der Waals surface area (Å²) in [7, 11) is 3.25. The van der Waals surface area contributed by atoms with Crippen LogP contribution in [0.5, 0.6) is 11.5 Å². The van der Waals surface area contributed by atoms with Crippen molar-refractivity contribution in [2.75, 3.05) is 27.4 Å². The van der Waals surface area contributed by atoms with Gasteiger partial charge in [0, 0.05) is 20.1 Å². The van der Waals surface area contributed by atoms with Crippen LogP contribution in [0, 0.1) is 23.7 Å². The zero-order valence-electron chi connectivity index (χ0n) is 25.3. The zero-order valence-corrected chi connectivity index (χ0v) is 25.3. The minimum atomic E-state index is -1.06. The monoisotopic (exact) mass is 553 g/mol. The number of amides is 1. The number of benzene rings is 1. The maximum atomic E-state index is 12.7. The van der Waals surface area contributed by atoms with Crippen LogP contribution >= 0.6 is 0 Å². The van der Waals surface area contributed by atoms with Gasteiger partial charge in [0.15, 0.2) is 11.5 Å². The van der Waals surface area contributed by atoms with Crippen LogP contribution in [0.2, 0.25) is 0 Å². The Hall–Kier alpha value is -2.52. The molecule has 9 heteroatoms. The van der Waals surface area contributed by atoms with Crippen LogP contribution in [-0.2, 0) is 20.7 Å². The molecule has 0 aliphatic rings. The Morgan fingerprint density at radius 1 is 0.974 bits per heavy atom. The summed E-state index contributed by atoms with van der Waals surface area (Å²) in [6.07, 6.45) is 0.197. The van der Waals surface area contributed by atoms with Crippen molar-refractivity contribution in [2.24, 2.45) is 23.7 Å². The summed E-state index contributed by atoms with van der Waals surface area (Å²) in [4.78, 5) is 24.5. The Balaban J connectivity index is 3.18. The fraction of sp³-hybridized carbons (Fsp3) is 0.733. The first kappa shape index (κ1) is 34.5. The lowest BCUT2D eigenvalue weighted by Crippen LogP contribution is -2.48. The molecule has 0 aliphatic carbocycles. The van der Waals surface area contributed by atoms with Gasteiger partial charge in [0.05, 0.1) is 31.8 Å². The Morgan fingerprint density at radius 2 is 1.64 bits per heavy atom. The zero-order chi connectivity index (χ0) is 29.8. The molecule has 1 aromatic carbocycles. The second-order valence-corrected chi connectivity index (χ2v) is 11.9. The number of carboxylic acid groups (broad SMARTS) is 1. The number of alkyl carbamates (subject to hydrolysis) is 1. The van der Waals surface area contributed by atoms with Gasteiger partial charge in [-0.1, -0.05) is 33.8 Å². The van der Waals surface area contributed by atoms with E-state index in [2.05, 4.69) is 19.2 Å². The van der Waals surface area contributed by atoms with Crippen LogP contribution in [-0.4, -0.2) is 67.5 Å². The molecule has 224 valence electrons. The summed E-state index contributed by atoms with van der Waals surface area (Å²) in [5.41, 5.74) is 0.328. The Morgan fingerprint density at radius 3 is 2.15 bits per heavy atom. The largest absolute Gasteiger partial charge is 0.493 e. The number of aliphatic hydroxyl groups excluding tert-OH is 1. The van der Waals surface area contributed by atoms with Gasteiger partial charge in [-0.25, -0.2) is 4.79 Å². The molecule has 0 unspecified atom stereocenters. The average molecular weight is 554 g/mol. The first-order valence-electron chi connectivity index (χ1n) is 13.9. The molecule has 4 atom stereocenters. The number of aliphatic hydroxyl groups is 1. The van der Waals surface area contributed by atoms with Crippen LogP contribution in [0.3, 0.4) is 0 Å². The minimum absolute atomic E-state index is 0.0281. The van der Waals surface area contributed by atoms with Gasteiger partial charge in [-0.3, -0.25) is 4.79 Å². The van der Waals surface area contributed by atoms with E-state index in [-0.39, 0.29) is 24.2 Å². The third-order valence-electron chi connectivity index (χ3n) is 6.76. The predicted molar refractivity (Wildman–Crippen MR) is 151 cm³/mol. The van der Waals surface area contributed by atoms with Crippen LogP contribution < -0.4 is 14.8 Å². The molecule has 3 N–H and O–H groups in total. The van der Waals surface area contributed by atoms with E-state index in [1.54, 1.807) is 35.0 Å². The number of carbonyl (C=O) groups excluding carboxylic acids is 1. The van der Waals surface area contributed by atoms with Crippen molar-refractivity contribution in [3.05, 3.63) is 23.8 Å². The lowest BCUT2D eigenvalue weighted by atomic mass is 9.80. The summed E-state index contributed by atoms with van der Waals surface area (Å²) >= 11 is 0. The number of carboxylic acids is 1. The topological polar surface area (TPSA) is 124 Å². The second kappa shape index (κ2) is 16.6. The lowest BCUT2D eigenvalue weighted by molar-refractivity contribution is -0.144. The molecule has 0 heterocycles. The SMILES string of the molecule is COCCCOc1cc(C[C@@H](C[C@H](NC(=O)OC(C)(C)C)[C@@H](O)C[C@H](C(=O)O)C(C)C)C(C)C)ccc1OC. The predicted octanol–water partition coefficient (Wildman–Crippen LogP) is 5.32. The van der Waals surface area contributed by atoms with Crippen molar-refractivity contribution < 1.29 is 38.7 Å². The third-order valence-corrected chi connectivity index (χ3v) is 6.76. The van der Waals surface area contributed by atoms with E-state index >= 15 is 0 Å². The molecule has 0 bridgehead atoms. The van der Waals surface area contributed by atoms with Crippen molar-refractivity contribution in [3.63, 3.8) is 0 Å². The number of ether oxygens (including phenoxy) is 4. The number of rotatable bonds is 17. The number of aliphatic carboxylic acids is 1. The standard InChI is InChI=1S/C30H51NO8/c1-19(2)22(15-21-11-12-26(37-9)27(16-21)38-14-10-13-36-8)17-24(31-29(35)39-30(5,6)7)25(32)18-23(20(3)4)28(33)34/h11-12,16,19-20,22-25,32H,10,13-15,17-18H2,1-9H3,(H,31,35)(H,33,34)/t22-,23-,24-,25-/m0/s1. The summed E-state index contributed by atoms with van der Waals surface area (Å²) in [5.74, 6) is -0.285. The fourth-order valence-electron chi connectivity index (χ4n) is 4.42. The molecule has 1 amide bonds. The highest BCUT2D eigenvalue weighted by Gasteiger charge is 2.33. The number of methoxy groups -OCH3 is 2.